The van der Waals surface area contributed by atoms with Gasteiger partial charge < -0.3 is 13.7 Å². The number of furan rings is 1. The summed E-state index contributed by atoms with van der Waals surface area (Å²) in [5, 5.41) is 6.84. The molecule has 38 heavy (non-hydrogen) atoms. The van der Waals surface area contributed by atoms with Crippen molar-refractivity contribution >= 4 is 45.0 Å². The van der Waals surface area contributed by atoms with Crippen molar-refractivity contribution in [1.29, 1.82) is 0 Å². The highest BCUT2D eigenvalue weighted by atomic mass is 16.5. The molecule has 3 heterocycles. The lowest BCUT2D eigenvalue weighted by molar-refractivity contribution is -0.146. The third-order valence-corrected chi connectivity index (χ3v) is 6.53. The first-order valence-corrected chi connectivity index (χ1v) is 12.4. The van der Waals surface area contributed by atoms with Crippen molar-refractivity contribution in [3.8, 4) is 11.6 Å². The largest absolute Gasteiger partial charge is 0.464 e. The summed E-state index contributed by atoms with van der Waals surface area (Å²) in [5.74, 6) is 0.410. The number of hydrogen-bond acceptors (Lipinski definition) is 6. The summed E-state index contributed by atoms with van der Waals surface area (Å²) in [4.78, 5) is 30.8. The summed E-state index contributed by atoms with van der Waals surface area (Å²) in [6.07, 6.45) is 3.46. The number of rotatable bonds is 6. The summed E-state index contributed by atoms with van der Waals surface area (Å²) >= 11 is 0. The summed E-state index contributed by atoms with van der Waals surface area (Å²) in [5.41, 5.74) is 2.53. The zero-order valence-corrected chi connectivity index (χ0v) is 20.9. The Morgan fingerprint density at radius 2 is 1.79 bits per heavy atom. The van der Waals surface area contributed by atoms with Gasteiger partial charge in [0.15, 0.2) is 5.76 Å². The maximum absolute atomic E-state index is 13.6. The molecule has 0 N–H and O–H groups in total. The minimum absolute atomic E-state index is 0.296. The van der Waals surface area contributed by atoms with Gasteiger partial charge in [-0.3, -0.25) is 4.79 Å². The van der Waals surface area contributed by atoms with Crippen molar-refractivity contribution < 1.29 is 13.9 Å². The number of esters is 1. The van der Waals surface area contributed by atoms with Crippen LogP contribution in [0.5, 0.6) is 0 Å². The fraction of sp³-hybridized carbons (Fsp3) is 0.133. The van der Waals surface area contributed by atoms with Crippen molar-refractivity contribution in [3.63, 3.8) is 0 Å². The molecule has 188 valence electrons. The SMILES string of the molecule is CCOC(=O)[C@H](C)n1cc(C=Nn2c(-c3cc4ccccc4o3)nc3ccccc3c2=O)c2ccccc21. The summed E-state index contributed by atoms with van der Waals surface area (Å²) < 4.78 is 14.4. The van der Waals surface area contributed by atoms with Crippen molar-refractivity contribution in [2.75, 3.05) is 6.61 Å². The average Bonchev–Trinajstić information content (AvgIpc) is 3.54. The Morgan fingerprint density at radius 1 is 1.05 bits per heavy atom. The van der Waals surface area contributed by atoms with Gasteiger partial charge in [-0.15, -0.1) is 0 Å². The number of ether oxygens (including phenoxy) is 1. The fourth-order valence-electron chi connectivity index (χ4n) is 4.63. The van der Waals surface area contributed by atoms with Gasteiger partial charge in [0.2, 0.25) is 5.82 Å². The topological polar surface area (TPSA) is 91.6 Å². The molecule has 6 rings (SSSR count). The fourth-order valence-corrected chi connectivity index (χ4v) is 4.63. The second-order valence-electron chi connectivity index (χ2n) is 8.90. The van der Waals surface area contributed by atoms with Crippen molar-refractivity contribution in [2.24, 2.45) is 5.10 Å². The Hall–Kier alpha value is -4.98. The second-order valence-corrected chi connectivity index (χ2v) is 8.90. The number of benzene rings is 3. The molecule has 0 bridgehead atoms. The van der Waals surface area contributed by atoms with Crippen LogP contribution in [-0.4, -0.2) is 33.0 Å². The molecule has 3 aromatic heterocycles. The number of nitrogens with zero attached hydrogens (tertiary/aromatic N) is 4. The first-order chi connectivity index (χ1) is 18.5. The zero-order chi connectivity index (χ0) is 26.2. The first kappa shape index (κ1) is 23.4. The van der Waals surface area contributed by atoms with Crippen LogP contribution in [0.4, 0.5) is 0 Å². The molecule has 8 heteroatoms. The van der Waals surface area contributed by atoms with Gasteiger partial charge >= 0.3 is 5.97 Å². The highest BCUT2D eigenvalue weighted by molar-refractivity contribution is 6.00. The van der Waals surface area contributed by atoms with Crippen molar-refractivity contribution in [2.45, 2.75) is 19.9 Å². The molecular weight excluding hydrogens is 480 g/mol. The molecule has 0 aliphatic carbocycles. The molecule has 0 unspecified atom stereocenters. The van der Waals surface area contributed by atoms with Gasteiger partial charge in [-0.25, -0.2) is 9.78 Å². The second kappa shape index (κ2) is 9.48. The smallest absolute Gasteiger partial charge is 0.328 e. The van der Waals surface area contributed by atoms with Crippen LogP contribution in [0.2, 0.25) is 0 Å². The Balaban J connectivity index is 1.52. The van der Waals surface area contributed by atoms with E-state index in [0.717, 1.165) is 21.9 Å². The van der Waals surface area contributed by atoms with E-state index in [2.05, 4.69) is 5.10 Å². The number of carbonyl (C=O) groups excluding carboxylic acids is 1. The van der Waals surface area contributed by atoms with Crippen LogP contribution in [0.3, 0.4) is 0 Å². The van der Waals surface area contributed by atoms with Gasteiger partial charge in [0, 0.05) is 28.0 Å². The molecule has 0 radical (unpaired) electrons. The van der Waals surface area contributed by atoms with Crippen LogP contribution < -0.4 is 5.56 Å². The van der Waals surface area contributed by atoms with E-state index in [9.17, 15) is 9.59 Å². The molecule has 8 nitrogen and oxygen atoms in total. The molecule has 0 aliphatic rings. The van der Waals surface area contributed by atoms with Gasteiger partial charge in [-0.1, -0.05) is 48.5 Å². The summed E-state index contributed by atoms with van der Waals surface area (Å²) in [7, 11) is 0. The maximum Gasteiger partial charge on any atom is 0.328 e. The number of aromatic nitrogens is 3. The Bertz CT molecular complexity index is 1880. The van der Waals surface area contributed by atoms with Crippen LogP contribution in [-0.2, 0) is 9.53 Å². The lowest BCUT2D eigenvalue weighted by atomic mass is 10.2. The van der Waals surface area contributed by atoms with Crippen LogP contribution in [0.25, 0.3) is 44.4 Å². The van der Waals surface area contributed by atoms with Crippen LogP contribution in [0.1, 0.15) is 25.5 Å². The summed E-state index contributed by atoms with van der Waals surface area (Å²) in [6, 6.07) is 23.8. The number of carbonyl (C=O) groups is 1. The molecule has 1 atom stereocenters. The minimum Gasteiger partial charge on any atom is -0.464 e. The standard InChI is InChI=1S/C30H24N4O4/c1-3-37-30(36)19(2)33-18-21(22-11-6-8-14-25(22)33)17-31-34-28(27-16-20-10-4-9-15-26(20)38-27)32-24-13-7-5-12-23(24)29(34)35/h4-19H,3H2,1-2H3/t19-/m0/s1. The Morgan fingerprint density at radius 3 is 2.61 bits per heavy atom. The van der Waals surface area contributed by atoms with Crippen molar-refractivity contribution in [1.82, 2.24) is 14.2 Å². The highest BCUT2D eigenvalue weighted by Crippen LogP contribution is 2.28. The third kappa shape index (κ3) is 3.96. The van der Waals surface area contributed by atoms with E-state index in [1.807, 2.05) is 71.4 Å². The molecule has 0 fully saturated rings. The normalized spacial score (nSPS) is 12.6. The molecule has 0 saturated heterocycles. The Labute approximate surface area is 217 Å². The van der Waals surface area contributed by atoms with Crippen LogP contribution in [0, 0.1) is 0 Å². The van der Waals surface area contributed by atoms with E-state index in [-0.39, 0.29) is 11.5 Å². The zero-order valence-electron chi connectivity index (χ0n) is 20.9. The van der Waals surface area contributed by atoms with Crippen LogP contribution >= 0.6 is 0 Å². The quantitative estimate of drug-likeness (QED) is 0.212. The summed E-state index contributed by atoms with van der Waals surface area (Å²) in [6.45, 7) is 3.88. The number of hydrogen-bond donors (Lipinski definition) is 0. The lowest BCUT2D eigenvalue weighted by Gasteiger charge is -2.13. The molecular formula is C30H24N4O4. The van der Waals surface area contributed by atoms with E-state index >= 15 is 0 Å². The molecule has 0 saturated carbocycles. The molecule has 6 aromatic rings. The highest BCUT2D eigenvalue weighted by Gasteiger charge is 2.20. The van der Waals surface area contributed by atoms with Gasteiger partial charge in [0.1, 0.15) is 11.6 Å². The first-order valence-electron chi connectivity index (χ1n) is 12.4. The number of para-hydroxylation sites is 3. The van der Waals surface area contributed by atoms with E-state index in [0.29, 0.717) is 34.7 Å². The molecule has 0 spiro atoms. The van der Waals surface area contributed by atoms with Crippen LogP contribution in [0.15, 0.2) is 99.4 Å². The Kier molecular flexibility index (Phi) is 5.84. The average molecular weight is 505 g/mol. The van der Waals surface area contributed by atoms with E-state index in [4.69, 9.17) is 14.1 Å². The van der Waals surface area contributed by atoms with E-state index in [1.165, 1.54) is 4.68 Å². The third-order valence-electron chi connectivity index (χ3n) is 6.53. The predicted octanol–water partition coefficient (Wildman–Crippen LogP) is 5.77. The monoisotopic (exact) mass is 504 g/mol. The molecule has 0 aliphatic heterocycles. The van der Waals surface area contributed by atoms with E-state index in [1.54, 1.807) is 38.3 Å². The minimum atomic E-state index is -0.529. The molecule has 3 aromatic carbocycles. The van der Waals surface area contributed by atoms with Gasteiger partial charge in [0.25, 0.3) is 5.56 Å². The van der Waals surface area contributed by atoms with Gasteiger partial charge in [-0.05, 0) is 44.2 Å². The van der Waals surface area contributed by atoms with E-state index < -0.39 is 6.04 Å². The maximum atomic E-state index is 13.6. The molecule has 0 amide bonds. The van der Waals surface area contributed by atoms with Crippen molar-refractivity contribution in [3.05, 3.63) is 101 Å². The van der Waals surface area contributed by atoms with Gasteiger partial charge in [-0.2, -0.15) is 9.78 Å². The number of fused-ring (bicyclic) bond motifs is 3. The predicted molar refractivity (Wildman–Crippen MR) is 147 cm³/mol. The van der Waals surface area contributed by atoms with Gasteiger partial charge in [0.05, 0.1) is 23.7 Å². The lowest BCUT2D eigenvalue weighted by Crippen LogP contribution is -2.20.